The van der Waals surface area contributed by atoms with Gasteiger partial charge >= 0.3 is 0 Å². The largest absolute Gasteiger partial charge is 0.497 e. The molecule has 1 heterocycles. The molecule has 0 radical (unpaired) electrons. The normalized spacial score (nSPS) is 10.5. The van der Waals surface area contributed by atoms with Crippen LogP contribution >= 0.6 is 11.8 Å². The maximum Gasteiger partial charge on any atom is 0.230 e. The maximum absolute atomic E-state index is 12.1. The second-order valence-corrected chi connectivity index (χ2v) is 6.48. The van der Waals surface area contributed by atoms with Crippen molar-refractivity contribution < 1.29 is 9.53 Å². The van der Waals surface area contributed by atoms with Gasteiger partial charge in [0.1, 0.15) is 11.6 Å². The number of anilines is 1. The Bertz CT molecular complexity index is 900. The number of carbonyl (C=O) groups excluding carboxylic acids is 1. The van der Waals surface area contributed by atoms with Gasteiger partial charge in [0.05, 0.1) is 18.4 Å². The zero-order valence-corrected chi connectivity index (χ0v) is 15.5. The van der Waals surface area contributed by atoms with E-state index >= 15 is 0 Å². The Labute approximate surface area is 156 Å². The zero-order chi connectivity index (χ0) is 18.4. The number of ether oxygens (including phenoxy) is 1. The molecule has 0 aliphatic rings. The van der Waals surface area contributed by atoms with Crippen LogP contribution in [-0.2, 0) is 11.3 Å². The van der Waals surface area contributed by atoms with Gasteiger partial charge in [0.25, 0.3) is 0 Å². The Hall–Kier alpha value is -2.80. The number of fused-ring (bicyclic) bond motifs is 1. The van der Waals surface area contributed by atoms with Crippen molar-refractivity contribution in [1.29, 1.82) is 0 Å². The van der Waals surface area contributed by atoms with E-state index in [-0.39, 0.29) is 11.7 Å². The van der Waals surface area contributed by atoms with Crippen molar-refractivity contribution >= 4 is 34.4 Å². The summed E-state index contributed by atoms with van der Waals surface area (Å²) in [6.07, 6.45) is 0. The monoisotopic (exact) mass is 368 g/mol. The summed E-state index contributed by atoms with van der Waals surface area (Å²) in [5.74, 6) is 1.76. The standard InChI is InChI=1S/C19H20N4O2S/c1-20-18-15-5-3-4-6-16(15)22-19(23-18)26-12-17(24)21-11-13-7-9-14(25-2)10-8-13/h3-10H,11-12H2,1-2H3,(H,21,24)(H,20,22,23). The average molecular weight is 368 g/mol. The maximum atomic E-state index is 12.1. The van der Waals surface area contributed by atoms with Crippen LogP contribution in [0.2, 0.25) is 0 Å². The molecule has 2 N–H and O–H groups in total. The van der Waals surface area contributed by atoms with Crippen molar-refractivity contribution in [3.05, 3.63) is 54.1 Å². The van der Waals surface area contributed by atoms with Gasteiger partial charge in [0.2, 0.25) is 5.91 Å². The number of benzene rings is 2. The van der Waals surface area contributed by atoms with Gasteiger partial charge in [-0.05, 0) is 29.8 Å². The fourth-order valence-corrected chi connectivity index (χ4v) is 3.12. The zero-order valence-electron chi connectivity index (χ0n) is 14.7. The summed E-state index contributed by atoms with van der Waals surface area (Å²) >= 11 is 1.32. The second kappa shape index (κ2) is 8.53. The molecule has 3 aromatic rings. The molecule has 0 aliphatic heterocycles. The lowest BCUT2D eigenvalue weighted by Gasteiger charge is -2.08. The highest BCUT2D eigenvalue weighted by Gasteiger charge is 2.09. The number of nitrogens with zero attached hydrogens (tertiary/aromatic N) is 2. The van der Waals surface area contributed by atoms with Crippen LogP contribution in [0.15, 0.2) is 53.7 Å². The van der Waals surface area contributed by atoms with Crippen LogP contribution in [0.25, 0.3) is 10.9 Å². The molecule has 0 aliphatic carbocycles. The predicted molar refractivity (Wildman–Crippen MR) is 105 cm³/mol. The van der Waals surface area contributed by atoms with Gasteiger partial charge in [-0.1, -0.05) is 36.0 Å². The smallest absolute Gasteiger partial charge is 0.230 e. The van der Waals surface area contributed by atoms with E-state index in [1.165, 1.54) is 11.8 Å². The minimum absolute atomic E-state index is 0.0615. The van der Waals surface area contributed by atoms with Gasteiger partial charge in [0.15, 0.2) is 5.16 Å². The molecular weight excluding hydrogens is 348 g/mol. The lowest BCUT2D eigenvalue weighted by atomic mass is 10.2. The van der Waals surface area contributed by atoms with Crippen LogP contribution in [0.4, 0.5) is 5.82 Å². The second-order valence-electron chi connectivity index (χ2n) is 5.54. The fraction of sp³-hybridized carbons (Fsp3) is 0.211. The molecule has 0 fully saturated rings. The first-order chi connectivity index (χ1) is 12.7. The van der Waals surface area contributed by atoms with E-state index in [0.29, 0.717) is 11.7 Å². The minimum atomic E-state index is -0.0615. The number of nitrogens with one attached hydrogen (secondary N) is 2. The van der Waals surface area contributed by atoms with Crippen LogP contribution in [0.1, 0.15) is 5.56 Å². The quantitative estimate of drug-likeness (QED) is 0.493. The fourth-order valence-electron chi connectivity index (χ4n) is 2.44. The minimum Gasteiger partial charge on any atom is -0.497 e. The van der Waals surface area contributed by atoms with Crippen molar-refractivity contribution in [2.75, 3.05) is 25.2 Å². The van der Waals surface area contributed by atoms with Crippen molar-refractivity contribution in [3.63, 3.8) is 0 Å². The molecule has 0 spiro atoms. The van der Waals surface area contributed by atoms with Crippen LogP contribution in [0.3, 0.4) is 0 Å². The molecule has 7 heteroatoms. The number of thioether (sulfide) groups is 1. The molecule has 134 valence electrons. The van der Waals surface area contributed by atoms with Crippen LogP contribution < -0.4 is 15.4 Å². The van der Waals surface area contributed by atoms with Gasteiger partial charge in [0, 0.05) is 19.0 Å². The first-order valence-corrected chi connectivity index (χ1v) is 9.15. The number of amides is 1. The number of hydrogen-bond donors (Lipinski definition) is 2. The predicted octanol–water partition coefficient (Wildman–Crippen LogP) is 3.09. The molecule has 3 rings (SSSR count). The van der Waals surface area contributed by atoms with E-state index in [9.17, 15) is 4.79 Å². The lowest BCUT2D eigenvalue weighted by molar-refractivity contribution is -0.118. The summed E-state index contributed by atoms with van der Waals surface area (Å²) in [6, 6.07) is 15.4. The molecule has 0 saturated heterocycles. The van der Waals surface area contributed by atoms with E-state index in [1.807, 2.05) is 55.6 Å². The summed E-state index contributed by atoms with van der Waals surface area (Å²) < 4.78 is 5.12. The summed E-state index contributed by atoms with van der Waals surface area (Å²) in [5, 5.41) is 7.52. The number of rotatable bonds is 7. The molecule has 0 bridgehead atoms. The van der Waals surface area contributed by atoms with Crippen LogP contribution in [-0.4, -0.2) is 35.8 Å². The van der Waals surface area contributed by atoms with E-state index in [0.717, 1.165) is 28.0 Å². The van der Waals surface area contributed by atoms with Crippen LogP contribution in [0.5, 0.6) is 5.75 Å². The summed E-state index contributed by atoms with van der Waals surface area (Å²) in [5.41, 5.74) is 1.87. The van der Waals surface area contributed by atoms with Gasteiger partial charge in [-0.2, -0.15) is 0 Å². The van der Waals surface area contributed by atoms with Crippen LogP contribution in [0, 0.1) is 0 Å². The molecule has 1 amide bonds. The number of aromatic nitrogens is 2. The van der Waals surface area contributed by atoms with Crippen molar-refractivity contribution in [3.8, 4) is 5.75 Å². The first-order valence-electron chi connectivity index (χ1n) is 8.16. The number of methoxy groups -OCH3 is 1. The van der Waals surface area contributed by atoms with Crippen molar-refractivity contribution in [2.45, 2.75) is 11.7 Å². The Morgan fingerprint density at radius 3 is 2.62 bits per heavy atom. The molecule has 6 nitrogen and oxygen atoms in total. The highest BCUT2D eigenvalue weighted by atomic mass is 32.2. The van der Waals surface area contributed by atoms with Gasteiger partial charge < -0.3 is 15.4 Å². The highest BCUT2D eigenvalue weighted by Crippen LogP contribution is 2.23. The third-order valence-electron chi connectivity index (χ3n) is 3.80. The Balaban J connectivity index is 1.57. The van der Waals surface area contributed by atoms with E-state index in [1.54, 1.807) is 7.11 Å². The Morgan fingerprint density at radius 2 is 1.88 bits per heavy atom. The summed E-state index contributed by atoms with van der Waals surface area (Å²) in [4.78, 5) is 21.1. The Morgan fingerprint density at radius 1 is 1.12 bits per heavy atom. The number of hydrogen-bond acceptors (Lipinski definition) is 6. The molecule has 0 unspecified atom stereocenters. The van der Waals surface area contributed by atoms with E-state index in [2.05, 4.69) is 20.6 Å². The molecular formula is C19H20N4O2S. The third kappa shape index (κ3) is 4.43. The van der Waals surface area contributed by atoms with Gasteiger partial charge in [-0.25, -0.2) is 9.97 Å². The molecule has 0 atom stereocenters. The molecule has 2 aromatic carbocycles. The summed E-state index contributed by atoms with van der Waals surface area (Å²) in [6.45, 7) is 0.476. The van der Waals surface area contributed by atoms with E-state index < -0.39 is 0 Å². The van der Waals surface area contributed by atoms with Crippen molar-refractivity contribution in [2.24, 2.45) is 0 Å². The van der Waals surface area contributed by atoms with Gasteiger partial charge in [-0.15, -0.1) is 0 Å². The molecule has 26 heavy (non-hydrogen) atoms. The van der Waals surface area contributed by atoms with Crippen molar-refractivity contribution in [1.82, 2.24) is 15.3 Å². The summed E-state index contributed by atoms with van der Waals surface area (Å²) in [7, 11) is 3.45. The number of carbonyl (C=O) groups is 1. The molecule has 1 aromatic heterocycles. The SMILES string of the molecule is CNc1nc(SCC(=O)NCc2ccc(OC)cc2)nc2ccccc12. The Kier molecular flexibility index (Phi) is 5.91. The highest BCUT2D eigenvalue weighted by molar-refractivity contribution is 7.99. The third-order valence-corrected chi connectivity index (χ3v) is 4.65. The van der Waals surface area contributed by atoms with E-state index in [4.69, 9.17) is 4.74 Å². The van der Waals surface area contributed by atoms with Gasteiger partial charge in [-0.3, -0.25) is 4.79 Å². The molecule has 0 saturated carbocycles. The average Bonchev–Trinajstić information content (AvgIpc) is 2.70. The first kappa shape index (κ1) is 18.0. The topological polar surface area (TPSA) is 76.1 Å². The number of para-hydroxylation sites is 1. The lowest BCUT2D eigenvalue weighted by Crippen LogP contribution is -2.24.